The zero-order chi connectivity index (χ0) is 14.8. The van der Waals surface area contributed by atoms with E-state index in [4.69, 9.17) is 0 Å². The number of benzene rings is 2. The van der Waals surface area contributed by atoms with Crippen molar-refractivity contribution in [2.24, 2.45) is 4.99 Å². The summed E-state index contributed by atoms with van der Waals surface area (Å²) in [5, 5.41) is 12.1. The third-order valence-electron chi connectivity index (χ3n) is 3.75. The number of nitrogens with zero attached hydrogens (tertiary/aromatic N) is 3. The van der Waals surface area contributed by atoms with Crippen LogP contribution in [0, 0.1) is 0 Å². The lowest BCUT2D eigenvalue weighted by Gasteiger charge is -2.07. The molecule has 0 amide bonds. The molecule has 1 aliphatic rings. The SMILES string of the molecule is c1ccc(Cn2ncc3cc(NC4=NCCN4)ccc32)cc1. The fourth-order valence-electron chi connectivity index (χ4n) is 2.67. The molecule has 0 radical (unpaired) electrons. The highest BCUT2D eigenvalue weighted by atomic mass is 15.3. The van der Waals surface area contributed by atoms with Gasteiger partial charge in [-0.15, -0.1) is 0 Å². The molecule has 2 heterocycles. The summed E-state index contributed by atoms with van der Waals surface area (Å²) in [6.07, 6.45) is 1.91. The minimum atomic E-state index is 0.783. The summed E-state index contributed by atoms with van der Waals surface area (Å²) < 4.78 is 2.03. The average Bonchev–Trinajstić information content (AvgIpc) is 3.19. The molecule has 22 heavy (non-hydrogen) atoms. The van der Waals surface area contributed by atoms with Gasteiger partial charge in [0.25, 0.3) is 0 Å². The Morgan fingerprint density at radius 2 is 2.05 bits per heavy atom. The average molecular weight is 291 g/mol. The van der Waals surface area contributed by atoms with Crippen molar-refractivity contribution in [3.63, 3.8) is 0 Å². The minimum Gasteiger partial charge on any atom is -0.354 e. The van der Waals surface area contributed by atoms with Crippen LogP contribution >= 0.6 is 0 Å². The van der Waals surface area contributed by atoms with Crippen LogP contribution in [0.3, 0.4) is 0 Å². The summed E-state index contributed by atoms with van der Waals surface area (Å²) in [6, 6.07) is 16.6. The van der Waals surface area contributed by atoms with Gasteiger partial charge in [-0.2, -0.15) is 5.10 Å². The number of fused-ring (bicyclic) bond motifs is 1. The van der Waals surface area contributed by atoms with Crippen molar-refractivity contribution in [1.29, 1.82) is 0 Å². The van der Waals surface area contributed by atoms with Crippen LogP contribution in [-0.2, 0) is 6.54 Å². The van der Waals surface area contributed by atoms with Gasteiger partial charge in [0.2, 0.25) is 0 Å². The van der Waals surface area contributed by atoms with E-state index < -0.39 is 0 Å². The molecule has 3 aromatic rings. The Kier molecular flexibility index (Phi) is 3.23. The molecule has 110 valence electrons. The molecule has 0 spiro atoms. The van der Waals surface area contributed by atoms with Crippen molar-refractivity contribution in [1.82, 2.24) is 15.1 Å². The van der Waals surface area contributed by atoms with Crippen molar-refractivity contribution < 1.29 is 0 Å². The van der Waals surface area contributed by atoms with Crippen LogP contribution in [0.4, 0.5) is 5.69 Å². The Balaban J connectivity index is 1.60. The van der Waals surface area contributed by atoms with E-state index in [1.807, 2.05) is 16.9 Å². The van der Waals surface area contributed by atoms with Gasteiger partial charge in [-0.3, -0.25) is 9.67 Å². The van der Waals surface area contributed by atoms with Gasteiger partial charge >= 0.3 is 0 Å². The second-order valence-electron chi connectivity index (χ2n) is 5.34. The molecule has 5 heteroatoms. The minimum absolute atomic E-state index is 0.783. The maximum absolute atomic E-state index is 4.51. The highest BCUT2D eigenvalue weighted by molar-refractivity contribution is 5.96. The number of nitrogens with one attached hydrogen (secondary N) is 2. The monoisotopic (exact) mass is 291 g/mol. The molecule has 5 nitrogen and oxygen atoms in total. The predicted molar refractivity (Wildman–Crippen MR) is 89.2 cm³/mol. The third-order valence-corrected chi connectivity index (χ3v) is 3.75. The van der Waals surface area contributed by atoms with E-state index in [1.54, 1.807) is 0 Å². The van der Waals surface area contributed by atoms with Crippen LogP contribution < -0.4 is 10.6 Å². The molecule has 0 fully saturated rings. The maximum atomic E-state index is 4.51. The van der Waals surface area contributed by atoms with Gasteiger partial charge < -0.3 is 10.6 Å². The number of anilines is 1. The van der Waals surface area contributed by atoms with E-state index in [9.17, 15) is 0 Å². The number of hydrogen-bond donors (Lipinski definition) is 2. The molecule has 0 aliphatic carbocycles. The lowest BCUT2D eigenvalue weighted by molar-refractivity contribution is 0.712. The summed E-state index contributed by atoms with van der Waals surface area (Å²) >= 11 is 0. The molecular formula is C17H17N5. The molecule has 0 saturated carbocycles. The predicted octanol–water partition coefficient (Wildman–Crippen LogP) is 2.46. The molecule has 0 unspecified atom stereocenters. The number of guanidine groups is 1. The molecular weight excluding hydrogens is 274 g/mol. The Labute approximate surface area is 128 Å². The van der Waals surface area contributed by atoms with Crippen LogP contribution in [0.5, 0.6) is 0 Å². The van der Waals surface area contributed by atoms with Crippen molar-refractivity contribution in [2.75, 3.05) is 18.4 Å². The van der Waals surface area contributed by atoms with Crippen molar-refractivity contribution in [3.8, 4) is 0 Å². The van der Waals surface area contributed by atoms with Crippen LogP contribution in [0.15, 0.2) is 59.7 Å². The fourth-order valence-corrected chi connectivity index (χ4v) is 2.67. The first-order valence-electron chi connectivity index (χ1n) is 7.43. The number of aromatic nitrogens is 2. The molecule has 2 N–H and O–H groups in total. The molecule has 2 aromatic carbocycles. The maximum Gasteiger partial charge on any atom is 0.195 e. The first kappa shape index (κ1) is 12.9. The van der Waals surface area contributed by atoms with Crippen LogP contribution in [-0.4, -0.2) is 28.8 Å². The first-order chi connectivity index (χ1) is 10.9. The highest BCUT2D eigenvalue weighted by Gasteiger charge is 2.07. The van der Waals surface area contributed by atoms with Gasteiger partial charge in [-0.25, -0.2) is 0 Å². The summed E-state index contributed by atoms with van der Waals surface area (Å²) in [5.41, 5.74) is 3.41. The second-order valence-corrected chi connectivity index (χ2v) is 5.34. The normalized spacial score (nSPS) is 13.9. The van der Waals surface area contributed by atoms with E-state index in [0.717, 1.165) is 42.2 Å². The number of rotatable bonds is 3. The van der Waals surface area contributed by atoms with Crippen LogP contribution in [0.1, 0.15) is 5.56 Å². The zero-order valence-corrected chi connectivity index (χ0v) is 12.2. The van der Waals surface area contributed by atoms with Gasteiger partial charge in [-0.05, 0) is 23.8 Å². The molecule has 4 rings (SSSR count). The third kappa shape index (κ3) is 2.53. The lowest BCUT2D eigenvalue weighted by atomic mass is 10.2. The summed E-state index contributed by atoms with van der Waals surface area (Å²) in [5.74, 6) is 0.844. The van der Waals surface area contributed by atoms with Crippen molar-refractivity contribution in [3.05, 3.63) is 60.3 Å². The van der Waals surface area contributed by atoms with Gasteiger partial charge in [-0.1, -0.05) is 30.3 Å². The van der Waals surface area contributed by atoms with Crippen molar-refractivity contribution >= 4 is 22.5 Å². The van der Waals surface area contributed by atoms with Gasteiger partial charge in [0, 0.05) is 17.6 Å². The molecule has 1 aromatic heterocycles. The summed E-state index contributed by atoms with van der Waals surface area (Å²) in [6.45, 7) is 2.52. The summed E-state index contributed by atoms with van der Waals surface area (Å²) in [7, 11) is 0. The Morgan fingerprint density at radius 3 is 2.86 bits per heavy atom. The Hall–Kier alpha value is -2.82. The van der Waals surface area contributed by atoms with Gasteiger partial charge in [0.15, 0.2) is 5.96 Å². The lowest BCUT2D eigenvalue weighted by Crippen LogP contribution is -2.26. The Morgan fingerprint density at radius 1 is 1.14 bits per heavy atom. The number of aliphatic imine (C=N–C) groups is 1. The zero-order valence-electron chi connectivity index (χ0n) is 12.2. The molecule has 0 bridgehead atoms. The van der Waals surface area contributed by atoms with Crippen LogP contribution in [0.2, 0.25) is 0 Å². The van der Waals surface area contributed by atoms with Gasteiger partial charge in [0.05, 0.1) is 24.8 Å². The quantitative estimate of drug-likeness (QED) is 0.779. The van der Waals surface area contributed by atoms with Gasteiger partial charge in [0.1, 0.15) is 0 Å². The fraction of sp³-hybridized carbons (Fsp3) is 0.176. The van der Waals surface area contributed by atoms with E-state index in [2.05, 4.69) is 63.2 Å². The second kappa shape index (κ2) is 5.52. The molecule has 1 aliphatic heterocycles. The van der Waals surface area contributed by atoms with E-state index in [-0.39, 0.29) is 0 Å². The highest BCUT2D eigenvalue weighted by Crippen LogP contribution is 2.20. The van der Waals surface area contributed by atoms with Crippen LogP contribution in [0.25, 0.3) is 10.9 Å². The molecule has 0 atom stereocenters. The van der Waals surface area contributed by atoms with Crippen molar-refractivity contribution in [2.45, 2.75) is 6.54 Å². The van der Waals surface area contributed by atoms with E-state index >= 15 is 0 Å². The molecule has 0 saturated heterocycles. The largest absolute Gasteiger partial charge is 0.354 e. The van der Waals surface area contributed by atoms with E-state index in [0.29, 0.717) is 0 Å². The first-order valence-corrected chi connectivity index (χ1v) is 7.43. The smallest absolute Gasteiger partial charge is 0.195 e. The number of hydrogen-bond acceptors (Lipinski definition) is 4. The Bertz CT molecular complexity index is 819. The topological polar surface area (TPSA) is 54.2 Å². The van der Waals surface area contributed by atoms with E-state index in [1.165, 1.54) is 5.56 Å². The standard InChI is InChI=1S/C17H17N5/c1-2-4-13(5-3-1)12-22-16-7-6-15(10-14(16)11-20-22)21-17-18-8-9-19-17/h1-7,10-11H,8-9,12H2,(H2,18,19,21). The summed E-state index contributed by atoms with van der Waals surface area (Å²) in [4.78, 5) is 4.35.